The fraction of sp³-hybridized carbons (Fsp3) is 0.833. The molecule has 0 N–H and O–H groups in total. The molecule has 0 aliphatic heterocycles. The quantitative estimate of drug-likeness (QED) is 0.751. The zero-order chi connectivity index (χ0) is 11.7. The van der Waals surface area contributed by atoms with Crippen LogP contribution in [0.5, 0.6) is 0 Å². The second-order valence-electron chi connectivity index (χ2n) is 6.32. The van der Waals surface area contributed by atoms with Gasteiger partial charge in [0.2, 0.25) is 5.89 Å². The first-order valence-electron chi connectivity index (χ1n) is 5.51. The maximum Gasteiger partial charge on any atom is 0.226 e. The number of nitrogens with zero attached hydrogens (tertiary/aromatic N) is 2. The smallest absolute Gasteiger partial charge is 0.226 e. The molecule has 1 heterocycles. The number of hydrogen-bond acceptors (Lipinski definition) is 3. The van der Waals surface area contributed by atoms with E-state index in [2.05, 4.69) is 51.7 Å². The first kappa shape index (κ1) is 12.2. The molecular formula is C12H22N2O. The molecule has 0 aliphatic carbocycles. The Kier molecular flexibility index (Phi) is 3.22. The predicted molar refractivity (Wildman–Crippen MR) is 60.8 cm³/mol. The van der Waals surface area contributed by atoms with Gasteiger partial charge in [0.15, 0.2) is 5.82 Å². The van der Waals surface area contributed by atoms with E-state index in [1.54, 1.807) is 0 Å². The molecule has 0 aliphatic rings. The average Bonchev–Trinajstić information content (AvgIpc) is 2.45. The largest absolute Gasteiger partial charge is 0.339 e. The lowest BCUT2D eigenvalue weighted by Crippen LogP contribution is -2.13. The summed E-state index contributed by atoms with van der Waals surface area (Å²) in [5.74, 6) is 1.56. The summed E-state index contributed by atoms with van der Waals surface area (Å²) < 4.78 is 5.23. The molecule has 0 aromatic carbocycles. The van der Waals surface area contributed by atoms with Crippen molar-refractivity contribution in [3.05, 3.63) is 11.7 Å². The van der Waals surface area contributed by atoms with E-state index < -0.39 is 0 Å². The highest BCUT2D eigenvalue weighted by Gasteiger charge is 2.21. The van der Waals surface area contributed by atoms with Gasteiger partial charge >= 0.3 is 0 Å². The number of aromatic nitrogens is 2. The Bertz CT molecular complexity index is 315. The molecule has 15 heavy (non-hydrogen) atoms. The summed E-state index contributed by atoms with van der Waals surface area (Å²) in [5.41, 5.74) is 0.292. The minimum absolute atomic E-state index is 0.0243. The van der Waals surface area contributed by atoms with Crippen LogP contribution >= 0.6 is 0 Å². The molecule has 0 amide bonds. The summed E-state index contributed by atoms with van der Waals surface area (Å²) in [7, 11) is 0. The third kappa shape index (κ3) is 4.02. The molecule has 3 nitrogen and oxygen atoms in total. The van der Waals surface area contributed by atoms with Gasteiger partial charge < -0.3 is 4.52 Å². The normalized spacial score (nSPS) is 13.2. The van der Waals surface area contributed by atoms with Crippen LogP contribution < -0.4 is 0 Å². The Labute approximate surface area is 92.3 Å². The second kappa shape index (κ2) is 3.95. The Morgan fingerprint density at radius 3 is 2.07 bits per heavy atom. The SMILES string of the molecule is CC(C)(C)CCc1nc(C(C)(C)C)no1. The van der Waals surface area contributed by atoms with Crippen molar-refractivity contribution in [3.63, 3.8) is 0 Å². The van der Waals surface area contributed by atoms with E-state index in [0.29, 0.717) is 5.41 Å². The second-order valence-corrected chi connectivity index (χ2v) is 6.32. The highest BCUT2D eigenvalue weighted by atomic mass is 16.5. The molecule has 0 saturated carbocycles. The van der Waals surface area contributed by atoms with E-state index in [1.807, 2.05) is 0 Å². The van der Waals surface area contributed by atoms with Crippen LogP contribution in [0.4, 0.5) is 0 Å². The van der Waals surface area contributed by atoms with Crippen molar-refractivity contribution in [3.8, 4) is 0 Å². The van der Waals surface area contributed by atoms with Crippen LogP contribution in [0, 0.1) is 5.41 Å². The fourth-order valence-corrected chi connectivity index (χ4v) is 1.14. The lowest BCUT2D eigenvalue weighted by atomic mass is 9.90. The van der Waals surface area contributed by atoms with Gasteiger partial charge in [-0.3, -0.25) is 0 Å². The van der Waals surface area contributed by atoms with Crippen molar-refractivity contribution < 1.29 is 4.52 Å². The average molecular weight is 210 g/mol. The van der Waals surface area contributed by atoms with Crippen molar-refractivity contribution in [1.29, 1.82) is 0 Å². The summed E-state index contributed by atoms with van der Waals surface area (Å²) in [5, 5.41) is 4.00. The standard InChI is InChI=1S/C12H22N2O/c1-11(2,3)8-7-9-13-10(14-15-9)12(4,5)6/h7-8H2,1-6H3. The van der Waals surface area contributed by atoms with Crippen molar-refractivity contribution in [2.75, 3.05) is 0 Å². The van der Waals surface area contributed by atoms with E-state index in [9.17, 15) is 0 Å². The minimum Gasteiger partial charge on any atom is -0.339 e. The summed E-state index contributed by atoms with van der Waals surface area (Å²) in [6, 6.07) is 0. The summed E-state index contributed by atoms with van der Waals surface area (Å²) in [4.78, 5) is 4.41. The van der Waals surface area contributed by atoms with Crippen molar-refractivity contribution >= 4 is 0 Å². The van der Waals surface area contributed by atoms with E-state index in [0.717, 1.165) is 24.6 Å². The summed E-state index contributed by atoms with van der Waals surface area (Å²) in [6.45, 7) is 12.9. The summed E-state index contributed by atoms with van der Waals surface area (Å²) >= 11 is 0. The molecular weight excluding hydrogens is 188 g/mol. The molecule has 1 aromatic heterocycles. The Hall–Kier alpha value is -0.860. The van der Waals surface area contributed by atoms with Gasteiger partial charge in [-0.2, -0.15) is 4.98 Å². The molecule has 1 aromatic rings. The van der Waals surface area contributed by atoms with Gasteiger partial charge in [0, 0.05) is 11.8 Å². The molecule has 1 rings (SSSR count). The molecule has 0 unspecified atom stereocenters. The van der Waals surface area contributed by atoms with Crippen LogP contribution in [-0.4, -0.2) is 10.1 Å². The maximum atomic E-state index is 5.23. The molecule has 0 bridgehead atoms. The Balaban J connectivity index is 2.62. The summed E-state index contributed by atoms with van der Waals surface area (Å²) in [6.07, 6.45) is 1.94. The third-order valence-electron chi connectivity index (χ3n) is 2.23. The first-order chi connectivity index (χ1) is 6.68. The first-order valence-corrected chi connectivity index (χ1v) is 5.51. The molecule has 0 saturated heterocycles. The van der Waals surface area contributed by atoms with E-state index in [4.69, 9.17) is 4.52 Å². The number of aryl methyl sites for hydroxylation is 1. The molecule has 0 fully saturated rings. The molecule has 0 atom stereocenters. The molecule has 86 valence electrons. The predicted octanol–water partition coefficient (Wildman–Crippen LogP) is 3.35. The monoisotopic (exact) mass is 210 g/mol. The molecule has 3 heteroatoms. The lowest BCUT2D eigenvalue weighted by Gasteiger charge is -2.15. The maximum absolute atomic E-state index is 5.23. The van der Waals surface area contributed by atoms with Gasteiger partial charge in [0.1, 0.15) is 0 Å². The lowest BCUT2D eigenvalue weighted by molar-refractivity contribution is 0.323. The minimum atomic E-state index is -0.0243. The van der Waals surface area contributed by atoms with Crippen LogP contribution in [0.2, 0.25) is 0 Å². The number of hydrogen-bond donors (Lipinski definition) is 0. The Morgan fingerprint density at radius 1 is 1.07 bits per heavy atom. The van der Waals surface area contributed by atoms with Gasteiger partial charge in [0.05, 0.1) is 0 Å². The van der Waals surface area contributed by atoms with Gasteiger partial charge in [-0.15, -0.1) is 0 Å². The third-order valence-corrected chi connectivity index (χ3v) is 2.23. The van der Waals surface area contributed by atoms with Crippen molar-refractivity contribution in [1.82, 2.24) is 10.1 Å². The van der Waals surface area contributed by atoms with Crippen LogP contribution in [0.3, 0.4) is 0 Å². The van der Waals surface area contributed by atoms with Gasteiger partial charge in [-0.25, -0.2) is 0 Å². The van der Waals surface area contributed by atoms with Gasteiger partial charge in [0.25, 0.3) is 0 Å². The number of rotatable bonds is 2. The van der Waals surface area contributed by atoms with Crippen LogP contribution in [0.25, 0.3) is 0 Å². The topological polar surface area (TPSA) is 38.9 Å². The molecule has 0 radical (unpaired) electrons. The van der Waals surface area contributed by atoms with Crippen LogP contribution in [-0.2, 0) is 11.8 Å². The molecule has 0 spiro atoms. The van der Waals surface area contributed by atoms with Gasteiger partial charge in [-0.05, 0) is 11.8 Å². The van der Waals surface area contributed by atoms with Crippen LogP contribution in [0.1, 0.15) is 59.7 Å². The highest BCUT2D eigenvalue weighted by Crippen LogP contribution is 2.23. The van der Waals surface area contributed by atoms with E-state index in [1.165, 1.54) is 0 Å². The Morgan fingerprint density at radius 2 is 1.67 bits per heavy atom. The van der Waals surface area contributed by atoms with Gasteiger partial charge in [-0.1, -0.05) is 46.7 Å². The van der Waals surface area contributed by atoms with E-state index in [-0.39, 0.29) is 5.41 Å². The highest BCUT2D eigenvalue weighted by molar-refractivity contribution is 5.00. The fourth-order valence-electron chi connectivity index (χ4n) is 1.14. The van der Waals surface area contributed by atoms with Crippen molar-refractivity contribution in [2.45, 2.75) is 59.8 Å². The zero-order valence-electron chi connectivity index (χ0n) is 10.7. The zero-order valence-corrected chi connectivity index (χ0v) is 10.7. The van der Waals surface area contributed by atoms with Crippen LogP contribution in [0.15, 0.2) is 4.52 Å². The van der Waals surface area contributed by atoms with E-state index >= 15 is 0 Å². The van der Waals surface area contributed by atoms with Crippen molar-refractivity contribution in [2.24, 2.45) is 5.41 Å².